The van der Waals surface area contributed by atoms with E-state index >= 15 is 0 Å². The van der Waals surface area contributed by atoms with Gasteiger partial charge in [-0.1, -0.05) is 0 Å². The number of benzene rings is 1. The molecular formula is C12H13F2NO2. The Balaban J connectivity index is 1.95. The second-order valence-corrected chi connectivity index (χ2v) is 3.99. The Labute approximate surface area is 98.0 Å². The summed E-state index contributed by atoms with van der Waals surface area (Å²) in [6.07, 6.45) is 0.536. The van der Waals surface area contributed by atoms with Gasteiger partial charge in [-0.25, -0.2) is 8.78 Å². The van der Waals surface area contributed by atoms with E-state index in [-0.39, 0.29) is 18.5 Å². The molecule has 0 aliphatic carbocycles. The van der Waals surface area contributed by atoms with Crippen molar-refractivity contribution in [1.82, 2.24) is 4.90 Å². The number of rotatable bonds is 5. The lowest BCUT2D eigenvalue weighted by Crippen LogP contribution is -2.54. The minimum atomic E-state index is -0.439. The SMILES string of the molecule is O=Cc1ccc(F)cc1OC1CN(CCF)C1. The van der Waals surface area contributed by atoms with Gasteiger partial charge in [0.2, 0.25) is 0 Å². The van der Waals surface area contributed by atoms with E-state index in [9.17, 15) is 13.6 Å². The highest BCUT2D eigenvalue weighted by Crippen LogP contribution is 2.22. The molecular weight excluding hydrogens is 228 g/mol. The molecule has 1 aliphatic rings. The molecule has 0 aromatic heterocycles. The topological polar surface area (TPSA) is 29.5 Å². The van der Waals surface area contributed by atoms with Crippen LogP contribution in [-0.2, 0) is 0 Å². The highest BCUT2D eigenvalue weighted by molar-refractivity contribution is 5.79. The highest BCUT2D eigenvalue weighted by Gasteiger charge is 2.28. The van der Waals surface area contributed by atoms with Crippen LogP contribution in [0.4, 0.5) is 8.78 Å². The fourth-order valence-corrected chi connectivity index (χ4v) is 1.79. The van der Waals surface area contributed by atoms with Gasteiger partial charge in [-0.3, -0.25) is 9.69 Å². The van der Waals surface area contributed by atoms with Crippen molar-refractivity contribution in [3.8, 4) is 5.75 Å². The van der Waals surface area contributed by atoms with Crippen molar-refractivity contribution in [2.24, 2.45) is 0 Å². The Hall–Kier alpha value is -1.49. The standard InChI is InChI=1S/C12H13F2NO2/c13-3-4-15-6-11(7-15)17-12-5-10(14)2-1-9(12)8-16/h1-2,5,8,11H,3-4,6-7H2. The number of likely N-dealkylation sites (tertiary alicyclic amines) is 1. The summed E-state index contributed by atoms with van der Waals surface area (Å²) in [5, 5.41) is 0. The molecule has 17 heavy (non-hydrogen) atoms. The Bertz CT molecular complexity index is 405. The Morgan fingerprint density at radius 1 is 1.47 bits per heavy atom. The minimum Gasteiger partial charge on any atom is -0.487 e. The van der Waals surface area contributed by atoms with Crippen molar-refractivity contribution in [3.63, 3.8) is 0 Å². The first kappa shape index (κ1) is 12.0. The number of hydrogen-bond donors (Lipinski definition) is 0. The van der Waals surface area contributed by atoms with Crippen LogP contribution in [0.5, 0.6) is 5.75 Å². The molecule has 0 unspecified atom stereocenters. The van der Waals surface area contributed by atoms with E-state index in [1.165, 1.54) is 18.2 Å². The molecule has 1 fully saturated rings. The van der Waals surface area contributed by atoms with Crippen LogP contribution in [0.1, 0.15) is 10.4 Å². The fraction of sp³-hybridized carbons (Fsp3) is 0.417. The molecule has 0 saturated carbocycles. The number of carbonyl (C=O) groups excluding carboxylic acids is 1. The molecule has 0 amide bonds. The fourth-order valence-electron chi connectivity index (χ4n) is 1.79. The van der Waals surface area contributed by atoms with E-state index in [1.54, 1.807) is 0 Å². The normalized spacial score (nSPS) is 16.6. The maximum absolute atomic E-state index is 13.0. The smallest absolute Gasteiger partial charge is 0.153 e. The average Bonchev–Trinajstić information content (AvgIpc) is 2.26. The molecule has 0 spiro atoms. The zero-order valence-electron chi connectivity index (χ0n) is 9.23. The summed E-state index contributed by atoms with van der Waals surface area (Å²) in [5.74, 6) is -0.185. The number of halogens is 2. The maximum Gasteiger partial charge on any atom is 0.153 e. The molecule has 1 saturated heterocycles. The first-order chi connectivity index (χ1) is 8.22. The van der Waals surface area contributed by atoms with Crippen LogP contribution < -0.4 is 4.74 Å². The van der Waals surface area contributed by atoms with Crippen molar-refractivity contribution < 1.29 is 18.3 Å². The van der Waals surface area contributed by atoms with E-state index in [0.29, 0.717) is 31.5 Å². The molecule has 1 aromatic rings. The highest BCUT2D eigenvalue weighted by atomic mass is 19.1. The van der Waals surface area contributed by atoms with Crippen LogP contribution in [0.15, 0.2) is 18.2 Å². The number of ether oxygens (including phenoxy) is 1. The molecule has 3 nitrogen and oxygen atoms in total. The Morgan fingerprint density at radius 2 is 2.24 bits per heavy atom. The first-order valence-corrected chi connectivity index (χ1v) is 5.42. The van der Waals surface area contributed by atoms with Crippen LogP contribution in [0.25, 0.3) is 0 Å². The van der Waals surface area contributed by atoms with Gasteiger partial charge in [0, 0.05) is 25.7 Å². The molecule has 0 atom stereocenters. The largest absolute Gasteiger partial charge is 0.487 e. The number of alkyl halides is 1. The monoisotopic (exact) mass is 241 g/mol. The molecule has 0 radical (unpaired) electrons. The van der Waals surface area contributed by atoms with Gasteiger partial charge in [0.05, 0.1) is 5.56 Å². The quantitative estimate of drug-likeness (QED) is 0.734. The summed E-state index contributed by atoms with van der Waals surface area (Å²) in [6.45, 7) is 1.23. The molecule has 1 heterocycles. The third-order valence-corrected chi connectivity index (χ3v) is 2.72. The van der Waals surface area contributed by atoms with Crippen LogP contribution >= 0.6 is 0 Å². The summed E-state index contributed by atoms with van der Waals surface area (Å²) in [5.41, 5.74) is 0.329. The van der Waals surface area contributed by atoms with Gasteiger partial charge < -0.3 is 4.74 Å². The number of aldehydes is 1. The van der Waals surface area contributed by atoms with Gasteiger partial charge in [-0.15, -0.1) is 0 Å². The van der Waals surface area contributed by atoms with Crippen molar-refractivity contribution in [2.45, 2.75) is 6.10 Å². The van der Waals surface area contributed by atoms with Gasteiger partial charge in [0.15, 0.2) is 6.29 Å². The van der Waals surface area contributed by atoms with E-state index in [4.69, 9.17) is 4.74 Å². The maximum atomic E-state index is 13.0. The zero-order valence-corrected chi connectivity index (χ0v) is 9.23. The van der Waals surface area contributed by atoms with Crippen LogP contribution in [-0.4, -0.2) is 43.6 Å². The Kier molecular flexibility index (Phi) is 3.68. The van der Waals surface area contributed by atoms with E-state index in [1.807, 2.05) is 4.90 Å². The lowest BCUT2D eigenvalue weighted by Gasteiger charge is -2.38. The number of carbonyl (C=O) groups is 1. The van der Waals surface area contributed by atoms with Crippen molar-refractivity contribution in [3.05, 3.63) is 29.6 Å². The molecule has 92 valence electrons. The first-order valence-electron chi connectivity index (χ1n) is 5.42. The third-order valence-electron chi connectivity index (χ3n) is 2.72. The van der Waals surface area contributed by atoms with Gasteiger partial charge in [-0.05, 0) is 12.1 Å². The van der Waals surface area contributed by atoms with Crippen molar-refractivity contribution in [2.75, 3.05) is 26.3 Å². The Morgan fingerprint density at radius 3 is 2.88 bits per heavy atom. The average molecular weight is 241 g/mol. The van der Waals surface area contributed by atoms with E-state index in [2.05, 4.69) is 0 Å². The van der Waals surface area contributed by atoms with Gasteiger partial charge in [0.25, 0.3) is 0 Å². The summed E-state index contributed by atoms with van der Waals surface area (Å²) in [6, 6.07) is 3.80. The minimum absolute atomic E-state index is 0.0953. The lowest BCUT2D eigenvalue weighted by molar-refractivity contribution is 0.0163. The predicted molar refractivity (Wildman–Crippen MR) is 58.6 cm³/mol. The molecule has 1 aliphatic heterocycles. The molecule has 5 heteroatoms. The second kappa shape index (κ2) is 5.23. The summed E-state index contributed by atoms with van der Waals surface area (Å²) in [4.78, 5) is 12.6. The van der Waals surface area contributed by atoms with E-state index < -0.39 is 5.82 Å². The molecule has 2 rings (SSSR count). The van der Waals surface area contributed by atoms with Crippen LogP contribution in [0.3, 0.4) is 0 Å². The lowest BCUT2D eigenvalue weighted by atomic mass is 10.1. The second-order valence-electron chi connectivity index (χ2n) is 3.99. The summed E-state index contributed by atoms with van der Waals surface area (Å²) >= 11 is 0. The third kappa shape index (κ3) is 2.79. The molecule has 0 N–H and O–H groups in total. The van der Waals surface area contributed by atoms with Crippen LogP contribution in [0, 0.1) is 5.82 Å². The summed E-state index contributed by atoms with van der Waals surface area (Å²) < 4.78 is 30.5. The van der Waals surface area contributed by atoms with Gasteiger partial charge in [0.1, 0.15) is 24.3 Å². The van der Waals surface area contributed by atoms with Crippen LogP contribution in [0.2, 0.25) is 0 Å². The molecule has 0 bridgehead atoms. The zero-order chi connectivity index (χ0) is 12.3. The number of hydrogen-bond acceptors (Lipinski definition) is 3. The van der Waals surface area contributed by atoms with E-state index in [0.717, 1.165) is 0 Å². The van der Waals surface area contributed by atoms with Gasteiger partial charge >= 0.3 is 0 Å². The van der Waals surface area contributed by atoms with Crippen molar-refractivity contribution in [1.29, 1.82) is 0 Å². The number of nitrogens with zero attached hydrogens (tertiary/aromatic N) is 1. The van der Waals surface area contributed by atoms with Crippen molar-refractivity contribution >= 4 is 6.29 Å². The predicted octanol–water partition coefficient (Wildman–Crippen LogP) is 1.67. The van der Waals surface area contributed by atoms with Gasteiger partial charge in [-0.2, -0.15) is 0 Å². The summed E-state index contributed by atoms with van der Waals surface area (Å²) in [7, 11) is 0. The molecule has 1 aromatic carbocycles.